The highest BCUT2D eigenvalue weighted by Crippen LogP contribution is 2.34. The normalized spacial score (nSPS) is 14.4. The van der Waals surface area contributed by atoms with Gasteiger partial charge in [-0.25, -0.2) is 9.97 Å². The fourth-order valence-corrected chi connectivity index (χ4v) is 4.63. The molecule has 0 atom stereocenters. The van der Waals surface area contributed by atoms with Crippen molar-refractivity contribution in [2.45, 2.75) is 12.5 Å². The largest absolute Gasteiger partial charge is 0.573 e. The monoisotopic (exact) mass is 599 g/mol. The number of pyridine rings is 1. The number of nitrogens with zero attached hydrogens (tertiary/aromatic N) is 6. The average Bonchev–Trinajstić information content (AvgIpc) is 3.29. The maximum Gasteiger partial charge on any atom is 0.573 e. The van der Waals surface area contributed by atoms with Crippen LogP contribution in [-0.4, -0.2) is 69.2 Å². The standard InChI is InChI=1S/C25H20ClF6N7O2/c26-18-11-16(24(27,28)29)12-34-22(18)38-9-7-37(8-10-38)20(40)14-35-23-21(36-19-13-33-5-6-39(19)23)15-1-3-17(4-2-15)41-25(30,31)32/h1-6,11-13,35H,7-10,14H2. The van der Waals surface area contributed by atoms with Crippen molar-refractivity contribution in [3.8, 4) is 17.0 Å². The Labute approximate surface area is 233 Å². The van der Waals surface area contributed by atoms with Gasteiger partial charge in [-0.15, -0.1) is 13.2 Å². The second-order valence-corrected chi connectivity index (χ2v) is 9.34. The Morgan fingerprint density at radius 3 is 2.37 bits per heavy atom. The number of rotatable bonds is 6. The number of nitrogens with one attached hydrogen (secondary N) is 1. The number of anilines is 2. The van der Waals surface area contributed by atoms with Crippen molar-refractivity contribution >= 4 is 34.8 Å². The molecule has 3 aromatic heterocycles. The highest BCUT2D eigenvalue weighted by atomic mass is 35.5. The van der Waals surface area contributed by atoms with E-state index in [1.54, 1.807) is 20.4 Å². The minimum absolute atomic E-state index is 0.127. The lowest BCUT2D eigenvalue weighted by Crippen LogP contribution is -2.50. The van der Waals surface area contributed by atoms with E-state index in [0.717, 1.165) is 24.4 Å². The van der Waals surface area contributed by atoms with E-state index in [-0.39, 0.29) is 42.1 Å². The van der Waals surface area contributed by atoms with Crippen molar-refractivity contribution in [1.29, 1.82) is 0 Å². The summed E-state index contributed by atoms with van der Waals surface area (Å²) < 4.78 is 82.0. The quantitative estimate of drug-likeness (QED) is 0.308. The van der Waals surface area contributed by atoms with Gasteiger partial charge in [-0.05, 0) is 30.3 Å². The van der Waals surface area contributed by atoms with Gasteiger partial charge in [0.15, 0.2) is 5.65 Å². The van der Waals surface area contributed by atoms with Crippen molar-refractivity contribution in [2.75, 3.05) is 42.9 Å². The maximum absolute atomic E-state index is 13.0. The number of amides is 1. The van der Waals surface area contributed by atoms with Crippen LogP contribution in [0.3, 0.4) is 0 Å². The molecule has 5 rings (SSSR count). The van der Waals surface area contributed by atoms with Crippen molar-refractivity contribution in [3.05, 3.63) is 65.7 Å². The van der Waals surface area contributed by atoms with E-state index in [1.165, 1.54) is 24.5 Å². The summed E-state index contributed by atoms with van der Waals surface area (Å²) in [5.74, 6) is 0.00318. The molecule has 216 valence electrons. The molecule has 1 amide bonds. The minimum Gasteiger partial charge on any atom is -0.406 e. The summed E-state index contributed by atoms with van der Waals surface area (Å²) in [6.45, 7) is 1.05. The second kappa shape index (κ2) is 11.0. The molecule has 0 spiro atoms. The molecule has 0 unspecified atom stereocenters. The molecule has 1 aromatic carbocycles. The third-order valence-corrected chi connectivity index (χ3v) is 6.56. The van der Waals surface area contributed by atoms with E-state index in [0.29, 0.717) is 35.8 Å². The molecule has 9 nitrogen and oxygen atoms in total. The highest BCUT2D eigenvalue weighted by Gasteiger charge is 2.33. The molecular weight excluding hydrogens is 580 g/mol. The van der Waals surface area contributed by atoms with Gasteiger partial charge in [-0.3, -0.25) is 14.2 Å². The second-order valence-electron chi connectivity index (χ2n) is 8.93. The number of carbonyl (C=O) groups excluding carboxylic acids is 1. The van der Waals surface area contributed by atoms with Crippen LogP contribution in [-0.2, 0) is 11.0 Å². The molecule has 0 radical (unpaired) electrons. The van der Waals surface area contributed by atoms with Crippen LogP contribution in [0.2, 0.25) is 5.02 Å². The molecule has 0 aliphatic carbocycles. The van der Waals surface area contributed by atoms with Crippen molar-refractivity contribution < 1.29 is 35.9 Å². The number of hydrogen-bond donors (Lipinski definition) is 1. The number of alkyl halides is 6. The van der Waals surface area contributed by atoms with Crippen LogP contribution in [0.1, 0.15) is 5.56 Å². The molecule has 0 bridgehead atoms. The zero-order valence-electron chi connectivity index (χ0n) is 20.9. The van der Waals surface area contributed by atoms with Gasteiger partial charge in [-0.2, -0.15) is 13.2 Å². The third kappa shape index (κ3) is 6.39. The molecule has 1 saturated heterocycles. The van der Waals surface area contributed by atoms with E-state index < -0.39 is 18.1 Å². The Morgan fingerprint density at radius 1 is 1.02 bits per heavy atom. The molecular formula is C25H20ClF6N7O2. The Hall–Kier alpha value is -4.27. The van der Waals surface area contributed by atoms with Gasteiger partial charge in [0.05, 0.1) is 23.3 Å². The van der Waals surface area contributed by atoms with Crippen LogP contribution < -0.4 is 15.0 Å². The summed E-state index contributed by atoms with van der Waals surface area (Å²) in [4.78, 5) is 28.8. The first-order valence-corrected chi connectivity index (χ1v) is 12.4. The fraction of sp³-hybridized carbons (Fsp3) is 0.280. The van der Waals surface area contributed by atoms with Crippen LogP contribution >= 0.6 is 11.6 Å². The summed E-state index contributed by atoms with van der Waals surface area (Å²) >= 11 is 6.06. The maximum atomic E-state index is 13.0. The van der Waals surface area contributed by atoms with Gasteiger partial charge in [0.2, 0.25) is 5.91 Å². The van der Waals surface area contributed by atoms with E-state index in [9.17, 15) is 31.1 Å². The zero-order valence-corrected chi connectivity index (χ0v) is 21.6. The van der Waals surface area contributed by atoms with Crippen LogP contribution in [0.25, 0.3) is 16.9 Å². The molecule has 1 N–H and O–H groups in total. The van der Waals surface area contributed by atoms with Gasteiger partial charge in [-0.1, -0.05) is 11.6 Å². The SMILES string of the molecule is O=C(CNc1c(-c2ccc(OC(F)(F)F)cc2)nc2cnccn12)N1CCN(c2ncc(C(F)(F)F)cc2Cl)CC1. The van der Waals surface area contributed by atoms with E-state index in [1.807, 2.05) is 0 Å². The van der Waals surface area contributed by atoms with Crippen LogP contribution in [0, 0.1) is 0 Å². The third-order valence-electron chi connectivity index (χ3n) is 6.28. The number of ether oxygens (including phenoxy) is 1. The molecule has 0 saturated carbocycles. The lowest BCUT2D eigenvalue weighted by atomic mass is 10.1. The van der Waals surface area contributed by atoms with Crippen molar-refractivity contribution in [3.63, 3.8) is 0 Å². The topological polar surface area (TPSA) is 87.9 Å². The molecule has 4 aromatic rings. The Kier molecular flexibility index (Phi) is 7.55. The summed E-state index contributed by atoms with van der Waals surface area (Å²) in [6, 6.07) is 5.99. The first-order chi connectivity index (χ1) is 19.4. The minimum atomic E-state index is -4.82. The smallest absolute Gasteiger partial charge is 0.406 e. The summed E-state index contributed by atoms with van der Waals surface area (Å²) in [7, 11) is 0. The highest BCUT2D eigenvalue weighted by molar-refractivity contribution is 6.33. The molecule has 41 heavy (non-hydrogen) atoms. The van der Waals surface area contributed by atoms with E-state index in [2.05, 4.69) is 25.0 Å². The van der Waals surface area contributed by atoms with Crippen LogP contribution in [0.4, 0.5) is 38.0 Å². The molecule has 1 aliphatic heterocycles. The Balaban J connectivity index is 1.26. The number of halogens is 7. The number of aromatic nitrogens is 4. The number of imidazole rings is 1. The number of hydrogen-bond acceptors (Lipinski definition) is 7. The number of carbonyl (C=O) groups is 1. The number of piperazine rings is 1. The lowest BCUT2D eigenvalue weighted by Gasteiger charge is -2.36. The Morgan fingerprint density at radius 2 is 1.73 bits per heavy atom. The lowest BCUT2D eigenvalue weighted by molar-refractivity contribution is -0.274. The van der Waals surface area contributed by atoms with Gasteiger partial charge in [0.25, 0.3) is 0 Å². The van der Waals surface area contributed by atoms with E-state index in [4.69, 9.17) is 11.6 Å². The molecule has 1 aliphatic rings. The first-order valence-electron chi connectivity index (χ1n) is 12.1. The average molecular weight is 600 g/mol. The van der Waals surface area contributed by atoms with Crippen molar-refractivity contribution in [1.82, 2.24) is 24.3 Å². The van der Waals surface area contributed by atoms with Gasteiger partial charge in [0, 0.05) is 50.3 Å². The van der Waals surface area contributed by atoms with Gasteiger partial charge < -0.3 is 19.9 Å². The van der Waals surface area contributed by atoms with Gasteiger partial charge >= 0.3 is 12.5 Å². The van der Waals surface area contributed by atoms with Crippen LogP contribution in [0.15, 0.2) is 55.1 Å². The number of fused-ring (bicyclic) bond motifs is 1. The van der Waals surface area contributed by atoms with E-state index >= 15 is 0 Å². The molecule has 16 heteroatoms. The first kappa shape index (κ1) is 28.3. The molecule has 4 heterocycles. The van der Waals surface area contributed by atoms with Crippen molar-refractivity contribution in [2.24, 2.45) is 0 Å². The predicted molar refractivity (Wildman–Crippen MR) is 137 cm³/mol. The Bertz CT molecular complexity index is 1550. The summed E-state index contributed by atoms with van der Waals surface area (Å²) in [5, 5.41) is 2.94. The fourth-order valence-electron chi connectivity index (χ4n) is 4.35. The predicted octanol–water partition coefficient (Wildman–Crippen LogP) is 5.12. The van der Waals surface area contributed by atoms with Gasteiger partial charge in [0.1, 0.15) is 23.1 Å². The number of benzene rings is 1. The summed E-state index contributed by atoms with van der Waals surface area (Å²) in [6.07, 6.45) is -4.02. The molecule has 1 fully saturated rings. The van der Waals surface area contributed by atoms with Crippen LogP contribution in [0.5, 0.6) is 5.75 Å². The summed E-state index contributed by atoms with van der Waals surface area (Å²) in [5.41, 5.74) is 0.367. The zero-order chi connectivity index (χ0) is 29.4.